The van der Waals surface area contributed by atoms with E-state index in [0.29, 0.717) is 17.5 Å². The normalized spacial score (nSPS) is 10.9. The maximum Gasteiger partial charge on any atom is 0.223 e. The minimum atomic E-state index is 0.584. The van der Waals surface area contributed by atoms with Crippen LogP contribution in [0.25, 0.3) is 22.3 Å². The third-order valence-corrected chi connectivity index (χ3v) is 3.93. The lowest BCUT2D eigenvalue weighted by molar-refractivity contribution is 1.06. The van der Waals surface area contributed by atoms with Crippen molar-refractivity contribution in [2.24, 2.45) is 0 Å². The first kappa shape index (κ1) is 14.7. The summed E-state index contributed by atoms with van der Waals surface area (Å²) in [5.41, 5.74) is 3.72. The predicted molar refractivity (Wildman–Crippen MR) is 95.9 cm³/mol. The summed E-state index contributed by atoms with van der Waals surface area (Å²) in [4.78, 5) is 16.3. The van der Waals surface area contributed by atoms with Crippen molar-refractivity contribution < 1.29 is 0 Å². The summed E-state index contributed by atoms with van der Waals surface area (Å²) in [6, 6.07) is 13.9. The Hall–Kier alpha value is -2.92. The van der Waals surface area contributed by atoms with Gasteiger partial charge in [0.15, 0.2) is 0 Å². The molecule has 24 heavy (non-hydrogen) atoms. The quantitative estimate of drug-likeness (QED) is 0.584. The Labute approximate surface area is 143 Å². The number of benzene rings is 1. The Morgan fingerprint density at radius 1 is 1.08 bits per heavy atom. The van der Waals surface area contributed by atoms with Crippen molar-refractivity contribution in [2.75, 3.05) is 5.32 Å². The summed E-state index contributed by atoms with van der Waals surface area (Å²) in [5.74, 6) is 0.584. The van der Waals surface area contributed by atoms with Crippen molar-refractivity contribution in [3.05, 3.63) is 71.6 Å². The van der Waals surface area contributed by atoms with Crippen LogP contribution in [0.1, 0.15) is 5.56 Å². The lowest BCUT2D eigenvalue weighted by Gasteiger charge is -2.06. The van der Waals surface area contributed by atoms with E-state index in [0.717, 1.165) is 22.3 Å². The van der Waals surface area contributed by atoms with E-state index in [1.165, 1.54) is 5.56 Å². The van der Waals surface area contributed by atoms with Gasteiger partial charge in [-0.25, -0.2) is 15.0 Å². The van der Waals surface area contributed by atoms with E-state index in [4.69, 9.17) is 11.6 Å². The fourth-order valence-corrected chi connectivity index (χ4v) is 2.72. The van der Waals surface area contributed by atoms with E-state index in [9.17, 15) is 0 Å². The van der Waals surface area contributed by atoms with Crippen molar-refractivity contribution in [1.29, 1.82) is 0 Å². The Kier molecular flexibility index (Phi) is 3.84. The van der Waals surface area contributed by atoms with Gasteiger partial charge in [0.05, 0.1) is 10.7 Å². The number of pyridine rings is 1. The Bertz CT molecular complexity index is 981. The van der Waals surface area contributed by atoms with Gasteiger partial charge in [-0.05, 0) is 17.7 Å². The number of nitrogens with zero attached hydrogens (tertiary/aromatic N) is 3. The highest BCUT2D eigenvalue weighted by Gasteiger charge is 2.10. The number of aromatic amines is 1. The third-order valence-electron chi connectivity index (χ3n) is 3.72. The summed E-state index contributed by atoms with van der Waals surface area (Å²) in [5, 5.41) is 4.79. The van der Waals surface area contributed by atoms with Crippen molar-refractivity contribution in [3.63, 3.8) is 0 Å². The van der Waals surface area contributed by atoms with Crippen LogP contribution in [0.2, 0.25) is 5.02 Å². The second kappa shape index (κ2) is 6.29. The van der Waals surface area contributed by atoms with Crippen molar-refractivity contribution in [1.82, 2.24) is 19.9 Å². The number of anilines is 1. The first-order chi connectivity index (χ1) is 11.8. The molecule has 0 fully saturated rings. The summed E-state index contributed by atoms with van der Waals surface area (Å²) in [6.07, 6.45) is 5.25. The maximum absolute atomic E-state index is 6.06. The van der Waals surface area contributed by atoms with Crippen LogP contribution in [0.3, 0.4) is 0 Å². The largest absolute Gasteiger partial charge is 0.350 e. The van der Waals surface area contributed by atoms with Gasteiger partial charge in [-0.2, -0.15) is 0 Å². The van der Waals surface area contributed by atoms with Gasteiger partial charge in [0.1, 0.15) is 5.65 Å². The van der Waals surface area contributed by atoms with Gasteiger partial charge in [-0.15, -0.1) is 0 Å². The van der Waals surface area contributed by atoms with Crippen molar-refractivity contribution in [2.45, 2.75) is 6.54 Å². The lowest BCUT2D eigenvalue weighted by atomic mass is 10.1. The van der Waals surface area contributed by atoms with Crippen LogP contribution in [0.4, 0.5) is 5.95 Å². The number of nitrogens with one attached hydrogen (secondary N) is 2. The zero-order chi connectivity index (χ0) is 16.4. The lowest BCUT2D eigenvalue weighted by Crippen LogP contribution is -2.03. The number of hydrogen-bond acceptors (Lipinski definition) is 4. The molecule has 0 bridgehead atoms. The average Bonchev–Trinajstić information content (AvgIpc) is 3.04. The van der Waals surface area contributed by atoms with E-state index >= 15 is 0 Å². The van der Waals surface area contributed by atoms with Crippen molar-refractivity contribution in [3.8, 4) is 11.3 Å². The second-order valence-corrected chi connectivity index (χ2v) is 5.79. The fourth-order valence-electron chi connectivity index (χ4n) is 2.56. The highest BCUT2D eigenvalue weighted by atomic mass is 35.5. The minimum Gasteiger partial charge on any atom is -0.350 e. The zero-order valence-corrected chi connectivity index (χ0v) is 13.5. The number of hydrogen-bond donors (Lipinski definition) is 2. The first-order valence-electron chi connectivity index (χ1n) is 7.53. The molecule has 0 unspecified atom stereocenters. The van der Waals surface area contributed by atoms with Gasteiger partial charge < -0.3 is 10.3 Å². The maximum atomic E-state index is 6.06. The second-order valence-electron chi connectivity index (χ2n) is 5.36. The summed E-state index contributed by atoms with van der Waals surface area (Å²) in [7, 11) is 0. The fraction of sp³-hybridized carbons (Fsp3) is 0.0556. The standard InChI is InChI=1S/C18H14ClN5/c19-13-8-14-15(11-22-17(14)21-10-13)16-6-7-20-18(24-16)23-9-12-4-2-1-3-5-12/h1-8,10-11H,9H2,(H,21,22)(H,20,23,24). The van der Waals surface area contributed by atoms with Gasteiger partial charge in [0, 0.05) is 36.1 Å². The SMILES string of the molecule is Clc1cnc2[nH]cc(-c3ccnc(NCc4ccccc4)n3)c2c1. The molecule has 0 aliphatic carbocycles. The minimum absolute atomic E-state index is 0.584. The Morgan fingerprint density at radius 2 is 1.96 bits per heavy atom. The smallest absolute Gasteiger partial charge is 0.223 e. The number of rotatable bonds is 4. The molecule has 0 aliphatic heterocycles. The molecule has 0 aliphatic rings. The monoisotopic (exact) mass is 335 g/mol. The summed E-state index contributed by atoms with van der Waals surface area (Å²) in [6.45, 7) is 0.672. The molecule has 1 aromatic carbocycles. The van der Waals surface area contributed by atoms with Crippen LogP contribution in [-0.2, 0) is 6.54 Å². The predicted octanol–water partition coefficient (Wildman–Crippen LogP) is 4.29. The average molecular weight is 336 g/mol. The molecule has 2 N–H and O–H groups in total. The number of H-pyrrole nitrogens is 1. The molecule has 3 heterocycles. The van der Waals surface area contributed by atoms with Gasteiger partial charge in [-0.1, -0.05) is 41.9 Å². The molecule has 118 valence electrons. The van der Waals surface area contributed by atoms with Gasteiger partial charge in [0.2, 0.25) is 5.95 Å². The first-order valence-corrected chi connectivity index (χ1v) is 7.91. The molecule has 4 aromatic rings. The molecule has 0 saturated carbocycles. The van der Waals surface area contributed by atoms with Crippen molar-refractivity contribution >= 4 is 28.6 Å². The van der Waals surface area contributed by atoms with Crippen LogP contribution in [0.5, 0.6) is 0 Å². The van der Waals surface area contributed by atoms with E-state index < -0.39 is 0 Å². The molecular formula is C18H14ClN5. The number of halogens is 1. The molecule has 0 atom stereocenters. The van der Waals surface area contributed by atoms with Crippen LogP contribution >= 0.6 is 11.6 Å². The highest BCUT2D eigenvalue weighted by molar-refractivity contribution is 6.31. The highest BCUT2D eigenvalue weighted by Crippen LogP contribution is 2.28. The zero-order valence-electron chi connectivity index (χ0n) is 12.7. The molecule has 4 rings (SSSR count). The van der Waals surface area contributed by atoms with Crippen LogP contribution < -0.4 is 5.32 Å². The van der Waals surface area contributed by atoms with Gasteiger partial charge in [0.25, 0.3) is 0 Å². The van der Waals surface area contributed by atoms with Crippen LogP contribution in [0, 0.1) is 0 Å². The number of aromatic nitrogens is 4. The summed E-state index contributed by atoms with van der Waals surface area (Å²) < 4.78 is 0. The topological polar surface area (TPSA) is 66.5 Å². The molecule has 0 amide bonds. The van der Waals surface area contributed by atoms with Gasteiger partial charge in [-0.3, -0.25) is 0 Å². The van der Waals surface area contributed by atoms with E-state index in [2.05, 4.69) is 37.4 Å². The van der Waals surface area contributed by atoms with Crippen LogP contribution in [-0.4, -0.2) is 19.9 Å². The third kappa shape index (κ3) is 2.94. The van der Waals surface area contributed by atoms with E-state index in [1.54, 1.807) is 12.4 Å². The Morgan fingerprint density at radius 3 is 2.83 bits per heavy atom. The van der Waals surface area contributed by atoms with Crippen LogP contribution in [0.15, 0.2) is 61.1 Å². The molecule has 3 aromatic heterocycles. The molecule has 0 saturated heterocycles. The number of fused-ring (bicyclic) bond motifs is 1. The molecular weight excluding hydrogens is 322 g/mol. The summed E-state index contributed by atoms with van der Waals surface area (Å²) >= 11 is 6.06. The molecule has 5 nitrogen and oxygen atoms in total. The van der Waals surface area contributed by atoms with Gasteiger partial charge >= 0.3 is 0 Å². The molecule has 0 radical (unpaired) electrons. The Balaban J connectivity index is 1.63. The van der Waals surface area contributed by atoms with E-state index in [-0.39, 0.29) is 0 Å². The molecule has 6 heteroatoms. The van der Waals surface area contributed by atoms with E-state index in [1.807, 2.05) is 36.5 Å². The molecule has 0 spiro atoms.